The van der Waals surface area contributed by atoms with Crippen LogP contribution < -0.4 is 5.32 Å². The van der Waals surface area contributed by atoms with E-state index >= 15 is 0 Å². The second-order valence-corrected chi connectivity index (χ2v) is 16.6. The Morgan fingerprint density at radius 2 is 1.58 bits per heavy atom. The molecule has 0 saturated carbocycles. The standard InChI is InChI=1S/C36H49BrN6O6S/c1-39(2)50(48)42-20-11-27(12-21-42)26-9-16-40(17-10-26)34(45)33(24-25-7-8-32(44)30(37)23-25)49-36(47)41-18-14-29(15-19-41)43-22-13-28-5-3-4-6-31(28)38-35(43)46/h3-8,23,26-27,29,33,44H,9-22,24H2,1-2H3,(H,38,46)/t33-,50?/m1/s1. The maximum atomic E-state index is 14.0. The van der Waals surface area contributed by atoms with Crippen LogP contribution in [0.5, 0.6) is 5.75 Å². The largest absolute Gasteiger partial charge is 0.507 e. The summed E-state index contributed by atoms with van der Waals surface area (Å²) in [5, 5.41) is 13.1. The molecule has 12 nitrogen and oxygen atoms in total. The van der Waals surface area contributed by atoms with Crippen LogP contribution in [0.1, 0.15) is 49.7 Å². The van der Waals surface area contributed by atoms with Crippen molar-refractivity contribution in [2.75, 3.05) is 65.2 Å². The molecule has 1 unspecified atom stereocenters. The molecule has 3 saturated heterocycles. The summed E-state index contributed by atoms with van der Waals surface area (Å²) in [5.74, 6) is 0.946. The van der Waals surface area contributed by atoms with Gasteiger partial charge in [0, 0.05) is 78.1 Å². The molecule has 272 valence electrons. The van der Waals surface area contributed by atoms with E-state index in [4.69, 9.17) is 4.74 Å². The van der Waals surface area contributed by atoms with Gasteiger partial charge < -0.3 is 29.9 Å². The number of phenolic OH excluding ortho intramolecular Hbond substituents is 1. The van der Waals surface area contributed by atoms with Crippen LogP contribution in [0.15, 0.2) is 46.9 Å². The normalized spacial score (nSPS) is 21.4. The number of amides is 4. The summed E-state index contributed by atoms with van der Waals surface area (Å²) < 4.78 is 22.8. The summed E-state index contributed by atoms with van der Waals surface area (Å²) in [6.45, 7) is 4.30. The van der Waals surface area contributed by atoms with Gasteiger partial charge in [-0.2, -0.15) is 0 Å². The molecule has 4 heterocycles. The number of nitrogens with one attached hydrogen (secondary N) is 1. The van der Waals surface area contributed by atoms with E-state index in [1.165, 1.54) is 0 Å². The van der Waals surface area contributed by atoms with Crippen molar-refractivity contribution in [3.63, 3.8) is 0 Å². The van der Waals surface area contributed by atoms with E-state index in [1.54, 1.807) is 27.4 Å². The first kappa shape index (κ1) is 36.6. The molecule has 4 amide bonds. The average Bonchev–Trinajstić information content (AvgIpc) is 3.30. The van der Waals surface area contributed by atoms with E-state index in [1.807, 2.05) is 52.5 Å². The zero-order valence-corrected chi connectivity index (χ0v) is 31.4. The third kappa shape index (κ3) is 8.63. The van der Waals surface area contributed by atoms with Crippen LogP contribution in [0.2, 0.25) is 0 Å². The number of hydrogen-bond acceptors (Lipinski definition) is 6. The molecule has 0 aliphatic carbocycles. The van der Waals surface area contributed by atoms with E-state index in [2.05, 4.69) is 21.2 Å². The Labute approximate surface area is 305 Å². The number of piperidine rings is 3. The van der Waals surface area contributed by atoms with Gasteiger partial charge in [0.2, 0.25) is 0 Å². The summed E-state index contributed by atoms with van der Waals surface area (Å²) in [5.41, 5.74) is 2.73. The third-order valence-corrected chi connectivity index (χ3v) is 12.9. The van der Waals surface area contributed by atoms with Crippen molar-refractivity contribution in [1.82, 2.24) is 23.3 Å². The number of para-hydroxylation sites is 1. The van der Waals surface area contributed by atoms with Crippen LogP contribution in [-0.4, -0.2) is 123 Å². The van der Waals surface area contributed by atoms with Crippen LogP contribution in [-0.2, 0) is 33.5 Å². The highest BCUT2D eigenvalue weighted by Crippen LogP contribution is 2.34. The number of hydrogen-bond donors (Lipinski definition) is 2. The highest BCUT2D eigenvalue weighted by molar-refractivity contribution is 9.10. The molecule has 50 heavy (non-hydrogen) atoms. The van der Waals surface area contributed by atoms with E-state index in [0.717, 1.165) is 62.0 Å². The lowest BCUT2D eigenvalue weighted by Gasteiger charge is -2.41. The minimum atomic E-state index is -1.10. The zero-order valence-electron chi connectivity index (χ0n) is 29.0. The summed E-state index contributed by atoms with van der Waals surface area (Å²) in [7, 11) is 3.67. The molecule has 14 heteroatoms. The molecule has 0 aromatic heterocycles. The molecule has 0 radical (unpaired) electrons. The number of benzene rings is 2. The van der Waals surface area contributed by atoms with Crippen LogP contribution in [0, 0.1) is 11.8 Å². The highest BCUT2D eigenvalue weighted by atomic mass is 79.9. The van der Waals surface area contributed by atoms with Crippen molar-refractivity contribution in [1.29, 1.82) is 0 Å². The van der Waals surface area contributed by atoms with Crippen LogP contribution in [0.3, 0.4) is 0 Å². The highest BCUT2D eigenvalue weighted by Gasteiger charge is 2.37. The molecule has 3 fully saturated rings. The van der Waals surface area contributed by atoms with E-state index in [-0.39, 0.29) is 30.2 Å². The summed E-state index contributed by atoms with van der Waals surface area (Å²) >= 11 is 2.27. The number of carbonyl (C=O) groups is 3. The van der Waals surface area contributed by atoms with E-state index in [0.29, 0.717) is 61.9 Å². The Bertz CT molecular complexity index is 1560. The summed E-state index contributed by atoms with van der Waals surface area (Å²) in [4.78, 5) is 46.1. The number of phenols is 1. The molecule has 6 rings (SSSR count). The Balaban J connectivity index is 1.05. The topological polar surface area (TPSA) is 126 Å². The van der Waals surface area contributed by atoms with Crippen molar-refractivity contribution in [2.24, 2.45) is 11.8 Å². The number of halogens is 1. The Hall–Kier alpha value is -3.20. The van der Waals surface area contributed by atoms with Gasteiger partial charge in [0.05, 0.1) is 4.47 Å². The van der Waals surface area contributed by atoms with E-state index < -0.39 is 23.4 Å². The van der Waals surface area contributed by atoms with Gasteiger partial charge in [-0.05, 0) is 102 Å². The molecule has 2 aromatic rings. The van der Waals surface area contributed by atoms with Crippen molar-refractivity contribution in [2.45, 2.75) is 63.5 Å². The van der Waals surface area contributed by atoms with Gasteiger partial charge in [0.25, 0.3) is 5.91 Å². The SMILES string of the molecule is CN(C)S(=O)N1CCC(C2CCN(C(=O)[C@@H](Cc3ccc(O)c(Br)c3)OC(=O)N3CCC(N4CCc5ccccc5NC4=O)CC3)CC2)CC1. The fourth-order valence-corrected chi connectivity index (χ4v) is 9.31. The molecule has 2 aromatic carbocycles. The number of anilines is 1. The van der Waals surface area contributed by atoms with Crippen molar-refractivity contribution in [3.8, 4) is 5.75 Å². The number of rotatable bonds is 8. The number of likely N-dealkylation sites (tertiary alicyclic amines) is 2. The smallest absolute Gasteiger partial charge is 0.410 e. The van der Waals surface area contributed by atoms with Gasteiger partial charge in [0.15, 0.2) is 17.3 Å². The minimum absolute atomic E-state index is 0.00352. The van der Waals surface area contributed by atoms with Crippen LogP contribution in [0.4, 0.5) is 15.3 Å². The zero-order chi connectivity index (χ0) is 35.4. The van der Waals surface area contributed by atoms with Gasteiger partial charge in [-0.25, -0.2) is 22.4 Å². The summed E-state index contributed by atoms with van der Waals surface area (Å²) in [6.07, 6.45) is 4.46. The maximum absolute atomic E-state index is 14.0. The van der Waals surface area contributed by atoms with Gasteiger partial charge >= 0.3 is 12.1 Å². The molecule has 0 bridgehead atoms. The minimum Gasteiger partial charge on any atom is -0.507 e. The maximum Gasteiger partial charge on any atom is 0.410 e. The van der Waals surface area contributed by atoms with Crippen LogP contribution >= 0.6 is 15.9 Å². The first-order valence-corrected chi connectivity index (χ1v) is 19.6. The Morgan fingerprint density at radius 3 is 2.24 bits per heavy atom. The fourth-order valence-electron chi connectivity index (χ4n) is 7.89. The first-order valence-electron chi connectivity index (χ1n) is 17.8. The van der Waals surface area contributed by atoms with Crippen LogP contribution in [0.25, 0.3) is 0 Å². The summed E-state index contributed by atoms with van der Waals surface area (Å²) in [6, 6.07) is 12.8. The number of fused-ring (bicyclic) bond motifs is 1. The average molecular weight is 774 g/mol. The molecule has 2 N–H and O–H groups in total. The number of carbonyl (C=O) groups excluding carboxylic acids is 3. The second-order valence-electron chi connectivity index (χ2n) is 14.1. The van der Waals surface area contributed by atoms with Gasteiger partial charge in [-0.1, -0.05) is 24.3 Å². The predicted octanol–water partition coefficient (Wildman–Crippen LogP) is 4.85. The predicted molar refractivity (Wildman–Crippen MR) is 196 cm³/mol. The Morgan fingerprint density at radius 1 is 0.940 bits per heavy atom. The Kier molecular flexibility index (Phi) is 12.0. The van der Waals surface area contributed by atoms with Crippen molar-refractivity contribution >= 4 is 50.8 Å². The second kappa shape index (κ2) is 16.4. The van der Waals surface area contributed by atoms with Crippen molar-refractivity contribution in [3.05, 3.63) is 58.1 Å². The van der Waals surface area contributed by atoms with Crippen molar-refractivity contribution < 1.29 is 28.4 Å². The van der Waals surface area contributed by atoms with Gasteiger partial charge in [-0.15, -0.1) is 0 Å². The fraction of sp³-hybridized carbons (Fsp3) is 0.583. The van der Waals surface area contributed by atoms with E-state index in [9.17, 15) is 23.7 Å². The monoisotopic (exact) mass is 772 g/mol. The molecule has 4 aliphatic rings. The first-order chi connectivity index (χ1) is 24.1. The molecule has 0 spiro atoms. The third-order valence-electron chi connectivity index (χ3n) is 10.8. The lowest BCUT2D eigenvalue weighted by Crippen LogP contribution is -2.52. The molecule has 2 atom stereocenters. The lowest BCUT2D eigenvalue weighted by atomic mass is 9.79. The number of urea groups is 1. The number of nitrogens with zero attached hydrogens (tertiary/aromatic N) is 5. The number of ether oxygens (including phenoxy) is 1. The number of aromatic hydroxyl groups is 1. The molecular formula is C36H49BrN6O6S. The molecular weight excluding hydrogens is 724 g/mol. The molecule has 4 aliphatic heterocycles. The quantitative estimate of drug-likeness (QED) is 0.396. The lowest BCUT2D eigenvalue weighted by molar-refractivity contribution is -0.142. The van der Waals surface area contributed by atoms with Gasteiger partial charge in [0.1, 0.15) is 5.75 Å². The van der Waals surface area contributed by atoms with Gasteiger partial charge in [-0.3, -0.25) is 4.79 Å².